The summed E-state index contributed by atoms with van der Waals surface area (Å²) in [4.78, 5) is 43.4. The smallest absolute Gasteiger partial charge is 0.266 e. The Hall–Kier alpha value is -2.25. The van der Waals surface area contributed by atoms with Crippen molar-refractivity contribution in [2.45, 2.75) is 0 Å². The minimum atomic E-state index is -0.458. The molecule has 0 spiro atoms. The van der Waals surface area contributed by atoms with Gasteiger partial charge in [0.05, 0.1) is 33.4 Å². The average Bonchev–Trinajstić information content (AvgIpc) is 2.94. The van der Waals surface area contributed by atoms with Crippen molar-refractivity contribution in [3.63, 3.8) is 0 Å². The van der Waals surface area contributed by atoms with Crippen molar-refractivity contribution in [3.8, 4) is 0 Å². The Labute approximate surface area is 178 Å². The summed E-state index contributed by atoms with van der Waals surface area (Å²) in [6.07, 6.45) is 0. The number of rotatable bonds is 4. The van der Waals surface area contributed by atoms with Gasteiger partial charge in [0, 0.05) is 31.7 Å². The molecule has 2 aromatic rings. The van der Waals surface area contributed by atoms with Crippen molar-refractivity contribution in [1.29, 1.82) is 0 Å². The van der Waals surface area contributed by atoms with Crippen LogP contribution in [0.25, 0.3) is 0 Å². The number of likely N-dealkylation sites (N-methyl/N-ethyl adjacent to an activating group) is 1. The molecule has 1 saturated heterocycles. The monoisotopic (exact) mass is 431 g/mol. The van der Waals surface area contributed by atoms with Crippen LogP contribution in [0.5, 0.6) is 0 Å². The largest absolute Gasteiger partial charge is 0.304 e. The van der Waals surface area contributed by atoms with E-state index in [1.165, 1.54) is 12.1 Å². The SMILES string of the molecule is CN1CCN(CC(=O)c2ccc(N3C(=O)c4cc(Cl)c(Cl)cc4C3=O)cc2)CC1. The predicted octanol–water partition coefficient (Wildman–Crippen LogP) is 3.22. The summed E-state index contributed by atoms with van der Waals surface area (Å²) in [6.45, 7) is 3.97. The van der Waals surface area contributed by atoms with Gasteiger partial charge < -0.3 is 4.90 Å². The molecule has 0 aliphatic carbocycles. The van der Waals surface area contributed by atoms with Crippen LogP contribution < -0.4 is 4.90 Å². The van der Waals surface area contributed by atoms with Crippen LogP contribution >= 0.6 is 23.2 Å². The number of Topliss-reactive ketones (excluding diaryl/α,β-unsaturated/α-hetero) is 1. The third kappa shape index (κ3) is 3.81. The molecule has 29 heavy (non-hydrogen) atoms. The molecule has 2 aliphatic rings. The van der Waals surface area contributed by atoms with E-state index < -0.39 is 11.8 Å². The van der Waals surface area contributed by atoms with Crippen LogP contribution in [0.2, 0.25) is 10.0 Å². The Morgan fingerprint density at radius 3 is 1.93 bits per heavy atom. The summed E-state index contributed by atoms with van der Waals surface area (Å²) in [5.74, 6) is -0.901. The molecule has 4 rings (SSSR count). The molecule has 0 unspecified atom stereocenters. The van der Waals surface area contributed by atoms with Crippen molar-refractivity contribution in [3.05, 3.63) is 63.1 Å². The quantitative estimate of drug-likeness (QED) is 0.549. The average molecular weight is 432 g/mol. The Morgan fingerprint density at radius 2 is 1.41 bits per heavy atom. The lowest BCUT2D eigenvalue weighted by Gasteiger charge is -2.31. The minimum Gasteiger partial charge on any atom is -0.304 e. The fourth-order valence-corrected chi connectivity index (χ4v) is 3.89. The number of carbonyl (C=O) groups is 3. The molecule has 150 valence electrons. The first-order valence-corrected chi connectivity index (χ1v) is 10.0. The van der Waals surface area contributed by atoms with E-state index in [4.69, 9.17) is 23.2 Å². The van der Waals surface area contributed by atoms with Crippen LogP contribution in [-0.2, 0) is 0 Å². The number of piperazine rings is 1. The molecule has 8 heteroatoms. The Morgan fingerprint density at radius 1 is 0.897 bits per heavy atom. The number of hydrogen-bond donors (Lipinski definition) is 0. The lowest BCUT2D eigenvalue weighted by molar-refractivity contribution is 0.0875. The second-order valence-electron chi connectivity index (χ2n) is 7.31. The fraction of sp³-hybridized carbons (Fsp3) is 0.286. The molecule has 0 aromatic heterocycles. The molecule has 0 atom stereocenters. The first-order valence-electron chi connectivity index (χ1n) is 9.27. The normalized spacial score (nSPS) is 17.7. The van der Waals surface area contributed by atoms with Gasteiger partial charge in [-0.2, -0.15) is 0 Å². The Balaban J connectivity index is 1.50. The van der Waals surface area contributed by atoms with Crippen molar-refractivity contribution in [1.82, 2.24) is 9.80 Å². The maximum absolute atomic E-state index is 12.7. The zero-order chi connectivity index (χ0) is 20.7. The molecule has 0 saturated carbocycles. The van der Waals surface area contributed by atoms with Gasteiger partial charge in [-0.15, -0.1) is 0 Å². The highest BCUT2D eigenvalue weighted by Gasteiger charge is 2.37. The van der Waals surface area contributed by atoms with E-state index in [1.807, 2.05) is 0 Å². The number of ketones is 1. The van der Waals surface area contributed by atoms with Gasteiger partial charge in [-0.05, 0) is 43.4 Å². The highest BCUT2D eigenvalue weighted by molar-refractivity contribution is 6.44. The van der Waals surface area contributed by atoms with Gasteiger partial charge in [0.2, 0.25) is 0 Å². The maximum atomic E-state index is 12.7. The number of hydrogen-bond acceptors (Lipinski definition) is 5. The lowest BCUT2D eigenvalue weighted by Crippen LogP contribution is -2.46. The maximum Gasteiger partial charge on any atom is 0.266 e. The second-order valence-corrected chi connectivity index (χ2v) is 8.12. The number of amides is 2. The van der Waals surface area contributed by atoms with E-state index >= 15 is 0 Å². The van der Waals surface area contributed by atoms with Crippen LogP contribution in [0.1, 0.15) is 31.1 Å². The summed E-state index contributed by atoms with van der Waals surface area (Å²) in [7, 11) is 2.07. The van der Waals surface area contributed by atoms with Crippen LogP contribution in [0.3, 0.4) is 0 Å². The van der Waals surface area contributed by atoms with E-state index in [0.29, 0.717) is 17.8 Å². The third-order valence-corrected chi connectivity index (χ3v) is 6.06. The number of benzene rings is 2. The molecule has 2 aliphatic heterocycles. The summed E-state index contributed by atoms with van der Waals surface area (Å²) in [6, 6.07) is 9.35. The Kier molecular flexibility index (Phi) is 5.44. The molecule has 0 radical (unpaired) electrons. The number of anilines is 1. The summed E-state index contributed by atoms with van der Waals surface area (Å²) in [5.41, 5.74) is 1.40. The summed E-state index contributed by atoms with van der Waals surface area (Å²) >= 11 is 12.0. The zero-order valence-corrected chi connectivity index (χ0v) is 17.3. The number of nitrogens with zero attached hydrogens (tertiary/aromatic N) is 3. The van der Waals surface area contributed by atoms with Crippen LogP contribution in [-0.4, -0.2) is 67.2 Å². The van der Waals surface area contributed by atoms with Gasteiger partial charge in [-0.3, -0.25) is 19.3 Å². The summed E-state index contributed by atoms with van der Waals surface area (Å²) < 4.78 is 0. The minimum absolute atomic E-state index is 0.0158. The van der Waals surface area contributed by atoms with Gasteiger partial charge in [0.25, 0.3) is 11.8 Å². The van der Waals surface area contributed by atoms with Gasteiger partial charge in [0.15, 0.2) is 5.78 Å². The topological polar surface area (TPSA) is 60.9 Å². The molecule has 2 aromatic carbocycles. The predicted molar refractivity (Wildman–Crippen MR) is 112 cm³/mol. The molecular formula is C21H19Cl2N3O3. The number of halogens is 2. The van der Waals surface area contributed by atoms with Crippen LogP contribution in [0.4, 0.5) is 5.69 Å². The number of fused-ring (bicyclic) bond motifs is 1. The van der Waals surface area contributed by atoms with E-state index in [1.54, 1.807) is 24.3 Å². The van der Waals surface area contributed by atoms with Gasteiger partial charge in [-0.1, -0.05) is 23.2 Å². The highest BCUT2D eigenvalue weighted by atomic mass is 35.5. The highest BCUT2D eigenvalue weighted by Crippen LogP contribution is 2.34. The number of carbonyl (C=O) groups excluding carboxylic acids is 3. The fourth-order valence-electron chi connectivity index (χ4n) is 3.57. The van der Waals surface area contributed by atoms with Crippen molar-refractivity contribution >= 4 is 46.5 Å². The first-order chi connectivity index (χ1) is 13.8. The van der Waals surface area contributed by atoms with E-state index in [2.05, 4.69) is 16.8 Å². The third-order valence-electron chi connectivity index (χ3n) is 5.34. The standard InChI is InChI=1S/C21H19Cl2N3O3/c1-24-6-8-25(9-7-24)12-19(27)13-2-4-14(5-3-13)26-20(28)15-10-17(22)18(23)11-16(15)21(26)29/h2-5,10-11H,6-9,12H2,1H3. The molecule has 1 fully saturated rings. The lowest BCUT2D eigenvalue weighted by atomic mass is 10.1. The molecule has 0 bridgehead atoms. The van der Waals surface area contributed by atoms with E-state index in [9.17, 15) is 14.4 Å². The first kappa shape index (κ1) is 20.0. The van der Waals surface area contributed by atoms with Crippen LogP contribution in [0.15, 0.2) is 36.4 Å². The van der Waals surface area contributed by atoms with Crippen molar-refractivity contribution < 1.29 is 14.4 Å². The molecular weight excluding hydrogens is 413 g/mol. The van der Waals surface area contributed by atoms with Gasteiger partial charge in [0.1, 0.15) is 0 Å². The molecule has 2 heterocycles. The Bertz CT molecular complexity index is 958. The van der Waals surface area contributed by atoms with Crippen molar-refractivity contribution in [2.75, 3.05) is 44.7 Å². The molecule has 6 nitrogen and oxygen atoms in total. The van der Waals surface area contributed by atoms with E-state index in [0.717, 1.165) is 31.1 Å². The number of imide groups is 1. The zero-order valence-electron chi connectivity index (χ0n) is 15.8. The second kappa shape index (κ2) is 7.88. The molecule has 2 amide bonds. The van der Waals surface area contributed by atoms with Crippen molar-refractivity contribution in [2.24, 2.45) is 0 Å². The van der Waals surface area contributed by atoms with Gasteiger partial charge >= 0.3 is 0 Å². The molecule has 0 N–H and O–H groups in total. The van der Waals surface area contributed by atoms with Gasteiger partial charge in [-0.25, -0.2) is 4.90 Å². The van der Waals surface area contributed by atoms with Crippen LogP contribution in [0, 0.1) is 0 Å². The summed E-state index contributed by atoms with van der Waals surface area (Å²) in [5, 5.41) is 0.441. The van der Waals surface area contributed by atoms with E-state index in [-0.39, 0.29) is 27.0 Å².